The fourth-order valence-electron chi connectivity index (χ4n) is 5.17. The summed E-state index contributed by atoms with van der Waals surface area (Å²) in [5.74, 6) is 3.96. The first-order valence-corrected chi connectivity index (χ1v) is 8.26. The first-order valence-electron chi connectivity index (χ1n) is 8.26. The minimum absolute atomic E-state index is 0.781. The summed E-state index contributed by atoms with van der Waals surface area (Å²) in [4.78, 5) is 2.79. The van der Waals surface area contributed by atoms with Crippen molar-refractivity contribution in [3.8, 4) is 0 Å². The van der Waals surface area contributed by atoms with Gasteiger partial charge in [0.15, 0.2) is 0 Å². The normalized spacial score (nSPS) is 43.2. The largest absolute Gasteiger partial charge is 0.330 e. The highest BCUT2D eigenvalue weighted by molar-refractivity contribution is 4.93. The molecule has 0 aromatic carbocycles. The van der Waals surface area contributed by atoms with Gasteiger partial charge in [-0.25, -0.2) is 0 Å². The molecule has 0 aromatic heterocycles. The first-order chi connectivity index (χ1) is 8.81. The monoisotopic (exact) mass is 250 g/mol. The average molecular weight is 250 g/mol. The fraction of sp³-hybridized carbons (Fsp3) is 1.00. The topological polar surface area (TPSA) is 29.3 Å². The van der Waals surface area contributed by atoms with Gasteiger partial charge in [-0.2, -0.15) is 0 Å². The Morgan fingerprint density at radius 2 is 1.94 bits per heavy atom. The van der Waals surface area contributed by atoms with Crippen molar-refractivity contribution in [1.82, 2.24) is 4.90 Å². The summed E-state index contributed by atoms with van der Waals surface area (Å²) >= 11 is 0. The van der Waals surface area contributed by atoms with Crippen molar-refractivity contribution in [2.24, 2.45) is 29.4 Å². The summed E-state index contributed by atoms with van der Waals surface area (Å²) in [6.45, 7) is 5.85. The lowest BCUT2D eigenvalue weighted by atomic mass is 9.87. The Kier molecular flexibility index (Phi) is 3.95. The molecule has 3 aliphatic carbocycles. The van der Waals surface area contributed by atoms with Crippen LogP contribution in [0.15, 0.2) is 0 Å². The van der Waals surface area contributed by atoms with Crippen LogP contribution >= 0.6 is 0 Å². The van der Waals surface area contributed by atoms with Gasteiger partial charge in [-0.1, -0.05) is 19.8 Å². The lowest BCUT2D eigenvalue weighted by molar-refractivity contribution is 0.125. The lowest BCUT2D eigenvalue weighted by Crippen LogP contribution is -2.43. The Labute approximate surface area is 112 Å². The number of nitrogens with zero attached hydrogens (tertiary/aromatic N) is 1. The second-order valence-corrected chi connectivity index (χ2v) is 7.02. The van der Waals surface area contributed by atoms with E-state index >= 15 is 0 Å². The summed E-state index contributed by atoms with van der Waals surface area (Å²) in [6.07, 6.45) is 10.3. The van der Waals surface area contributed by atoms with E-state index in [-0.39, 0.29) is 0 Å². The maximum Gasteiger partial charge on any atom is 0.0136 e. The highest BCUT2D eigenvalue weighted by Gasteiger charge is 2.41. The van der Waals surface area contributed by atoms with Gasteiger partial charge in [0, 0.05) is 12.6 Å². The van der Waals surface area contributed by atoms with Crippen LogP contribution in [0.5, 0.6) is 0 Å². The zero-order chi connectivity index (χ0) is 12.5. The van der Waals surface area contributed by atoms with E-state index in [2.05, 4.69) is 11.8 Å². The molecule has 5 atom stereocenters. The minimum Gasteiger partial charge on any atom is -0.330 e. The number of hydrogen-bond donors (Lipinski definition) is 1. The maximum absolute atomic E-state index is 5.96. The number of hydrogen-bond acceptors (Lipinski definition) is 2. The molecule has 3 fully saturated rings. The van der Waals surface area contributed by atoms with Crippen molar-refractivity contribution in [2.75, 3.05) is 19.6 Å². The Hall–Kier alpha value is -0.0800. The van der Waals surface area contributed by atoms with Crippen molar-refractivity contribution in [3.63, 3.8) is 0 Å². The van der Waals surface area contributed by atoms with E-state index in [0.717, 1.165) is 36.3 Å². The van der Waals surface area contributed by atoms with E-state index in [1.807, 2.05) is 0 Å². The molecule has 2 N–H and O–H groups in total. The van der Waals surface area contributed by atoms with E-state index in [1.165, 1.54) is 51.6 Å². The van der Waals surface area contributed by atoms with Crippen LogP contribution in [0.1, 0.15) is 51.9 Å². The maximum atomic E-state index is 5.96. The van der Waals surface area contributed by atoms with Crippen LogP contribution in [0.2, 0.25) is 0 Å². The quantitative estimate of drug-likeness (QED) is 0.813. The molecule has 2 heteroatoms. The van der Waals surface area contributed by atoms with Crippen LogP contribution in [0, 0.1) is 23.7 Å². The summed E-state index contributed by atoms with van der Waals surface area (Å²) in [5.41, 5.74) is 5.96. The molecule has 3 rings (SSSR count). The molecular formula is C16H30N2. The van der Waals surface area contributed by atoms with Crippen molar-refractivity contribution in [1.29, 1.82) is 0 Å². The van der Waals surface area contributed by atoms with Crippen molar-refractivity contribution in [3.05, 3.63) is 0 Å². The zero-order valence-electron chi connectivity index (χ0n) is 12.0. The average Bonchev–Trinajstić information content (AvgIpc) is 3.10. The molecule has 104 valence electrons. The van der Waals surface area contributed by atoms with Gasteiger partial charge < -0.3 is 10.6 Å². The highest BCUT2D eigenvalue weighted by atomic mass is 15.2. The smallest absolute Gasteiger partial charge is 0.0136 e. The Morgan fingerprint density at radius 1 is 1.06 bits per heavy atom. The standard InChI is InChI=1S/C16H30N2/c1-2-18(16-5-3-4-14(16)10-17)11-15-9-12-6-7-13(15)8-12/h12-16H,2-11,17H2,1H3. The second-order valence-electron chi connectivity index (χ2n) is 7.02. The molecule has 0 aliphatic heterocycles. The van der Waals surface area contributed by atoms with Gasteiger partial charge in [0.2, 0.25) is 0 Å². The molecular weight excluding hydrogens is 220 g/mol. The van der Waals surface area contributed by atoms with Crippen molar-refractivity contribution in [2.45, 2.75) is 57.9 Å². The second kappa shape index (κ2) is 5.50. The number of nitrogens with two attached hydrogens (primary N) is 1. The molecule has 3 saturated carbocycles. The van der Waals surface area contributed by atoms with Gasteiger partial charge in [-0.15, -0.1) is 0 Å². The van der Waals surface area contributed by atoms with Crippen LogP contribution in [-0.2, 0) is 0 Å². The summed E-state index contributed by atoms with van der Waals surface area (Å²) in [6, 6.07) is 0.805. The predicted molar refractivity (Wildman–Crippen MR) is 76.4 cm³/mol. The molecule has 0 amide bonds. The third-order valence-electron chi connectivity index (χ3n) is 6.15. The van der Waals surface area contributed by atoms with E-state index in [1.54, 1.807) is 6.42 Å². The van der Waals surface area contributed by atoms with E-state index in [4.69, 9.17) is 5.73 Å². The Bertz CT molecular complexity index is 278. The van der Waals surface area contributed by atoms with E-state index in [9.17, 15) is 0 Å². The van der Waals surface area contributed by atoms with E-state index < -0.39 is 0 Å². The summed E-state index contributed by atoms with van der Waals surface area (Å²) in [5, 5.41) is 0. The predicted octanol–water partition coefficient (Wildman–Crippen LogP) is 2.87. The van der Waals surface area contributed by atoms with Crippen LogP contribution in [0.4, 0.5) is 0 Å². The van der Waals surface area contributed by atoms with Crippen molar-refractivity contribution >= 4 is 0 Å². The van der Waals surface area contributed by atoms with Gasteiger partial charge in [0.25, 0.3) is 0 Å². The molecule has 0 heterocycles. The Morgan fingerprint density at radius 3 is 2.56 bits per heavy atom. The van der Waals surface area contributed by atoms with Crippen LogP contribution < -0.4 is 5.73 Å². The zero-order valence-corrected chi connectivity index (χ0v) is 12.0. The third-order valence-corrected chi connectivity index (χ3v) is 6.15. The van der Waals surface area contributed by atoms with Gasteiger partial charge in [-0.05, 0) is 68.9 Å². The molecule has 3 aliphatic rings. The van der Waals surface area contributed by atoms with Gasteiger partial charge in [0.1, 0.15) is 0 Å². The number of rotatable bonds is 5. The number of fused-ring (bicyclic) bond motifs is 2. The van der Waals surface area contributed by atoms with Crippen LogP contribution in [-0.4, -0.2) is 30.6 Å². The summed E-state index contributed by atoms with van der Waals surface area (Å²) in [7, 11) is 0. The SMILES string of the molecule is CCN(CC1CC2CCC1C2)C1CCCC1CN. The highest BCUT2D eigenvalue weighted by Crippen LogP contribution is 2.48. The van der Waals surface area contributed by atoms with Crippen molar-refractivity contribution < 1.29 is 0 Å². The molecule has 0 radical (unpaired) electrons. The van der Waals surface area contributed by atoms with Crippen LogP contribution in [0.3, 0.4) is 0 Å². The Balaban J connectivity index is 1.59. The lowest BCUT2D eigenvalue weighted by Gasteiger charge is -2.36. The first kappa shape index (κ1) is 12.9. The third kappa shape index (κ3) is 2.34. The molecule has 18 heavy (non-hydrogen) atoms. The molecule has 2 bridgehead atoms. The van der Waals surface area contributed by atoms with Gasteiger partial charge in [-0.3, -0.25) is 0 Å². The minimum atomic E-state index is 0.781. The molecule has 0 spiro atoms. The molecule has 0 aromatic rings. The van der Waals surface area contributed by atoms with E-state index in [0.29, 0.717) is 0 Å². The molecule has 5 unspecified atom stereocenters. The molecule has 0 saturated heterocycles. The van der Waals surface area contributed by atoms with Crippen LogP contribution in [0.25, 0.3) is 0 Å². The van der Waals surface area contributed by atoms with Gasteiger partial charge in [0.05, 0.1) is 0 Å². The van der Waals surface area contributed by atoms with Gasteiger partial charge >= 0.3 is 0 Å². The fourth-order valence-corrected chi connectivity index (χ4v) is 5.17. The summed E-state index contributed by atoms with van der Waals surface area (Å²) < 4.78 is 0. The molecule has 2 nitrogen and oxygen atoms in total.